The number of nitrogens with zero attached hydrogens (tertiary/aromatic N) is 3. The number of piperidine rings is 1. The molecule has 2 N–H and O–H groups in total. The molecule has 0 radical (unpaired) electrons. The normalized spacial score (nSPS) is 19.0. The second-order valence-electron chi connectivity index (χ2n) is 6.21. The van der Waals surface area contributed by atoms with Crippen molar-refractivity contribution in [3.8, 4) is 0 Å². The molecule has 0 aliphatic carbocycles. The first-order chi connectivity index (χ1) is 10.2. The highest BCUT2D eigenvalue weighted by Gasteiger charge is 2.26. The Morgan fingerprint density at radius 2 is 1.83 bits per heavy atom. The maximum Gasteiger partial charge on any atom is 0.257 e. The van der Waals surface area contributed by atoms with E-state index in [1.165, 1.54) is 32.5 Å². The fraction of sp³-hybridized carbons (Fsp3) is 0.625. The van der Waals surface area contributed by atoms with Crippen molar-refractivity contribution >= 4 is 36.4 Å². The molecule has 0 unspecified atom stereocenters. The van der Waals surface area contributed by atoms with Crippen LogP contribution >= 0.6 is 24.8 Å². The minimum Gasteiger partial charge on any atom is -0.398 e. The number of aromatic nitrogens is 1. The Labute approximate surface area is 150 Å². The van der Waals surface area contributed by atoms with Gasteiger partial charge in [0.2, 0.25) is 0 Å². The van der Waals surface area contributed by atoms with Crippen LogP contribution < -0.4 is 5.73 Å². The van der Waals surface area contributed by atoms with Crippen molar-refractivity contribution < 1.29 is 4.79 Å². The van der Waals surface area contributed by atoms with E-state index in [9.17, 15) is 4.79 Å². The maximum atomic E-state index is 12.5. The largest absolute Gasteiger partial charge is 0.398 e. The van der Waals surface area contributed by atoms with E-state index in [0.29, 0.717) is 11.3 Å². The molecule has 23 heavy (non-hydrogen) atoms. The first-order valence-corrected chi connectivity index (χ1v) is 7.95. The van der Waals surface area contributed by atoms with Gasteiger partial charge in [0.1, 0.15) is 0 Å². The average Bonchev–Trinajstić information content (AvgIpc) is 3.01. The van der Waals surface area contributed by atoms with Crippen molar-refractivity contribution in [2.75, 3.05) is 38.5 Å². The summed E-state index contributed by atoms with van der Waals surface area (Å²) >= 11 is 0. The maximum absolute atomic E-state index is 12.5. The van der Waals surface area contributed by atoms with E-state index in [1.54, 1.807) is 18.5 Å². The Balaban J connectivity index is 0.00000132. The lowest BCUT2D eigenvalue weighted by molar-refractivity contribution is 0.0673. The Morgan fingerprint density at radius 3 is 2.43 bits per heavy atom. The summed E-state index contributed by atoms with van der Waals surface area (Å²) < 4.78 is 0. The third-order valence-corrected chi connectivity index (χ3v) is 4.70. The third-order valence-electron chi connectivity index (χ3n) is 4.70. The van der Waals surface area contributed by atoms with E-state index in [0.717, 1.165) is 31.8 Å². The number of hydrogen-bond donors (Lipinski definition) is 1. The Morgan fingerprint density at radius 1 is 1.17 bits per heavy atom. The molecule has 1 aromatic rings. The highest BCUT2D eigenvalue weighted by Crippen LogP contribution is 2.22. The van der Waals surface area contributed by atoms with Crippen LogP contribution in [0.4, 0.5) is 5.69 Å². The fourth-order valence-corrected chi connectivity index (χ4v) is 3.40. The molecule has 0 spiro atoms. The number of hydrogen-bond acceptors (Lipinski definition) is 4. The van der Waals surface area contributed by atoms with Gasteiger partial charge in [-0.05, 0) is 50.8 Å². The molecule has 2 saturated heterocycles. The van der Waals surface area contributed by atoms with Gasteiger partial charge in [0, 0.05) is 37.7 Å². The standard InChI is InChI=1S/C16H24N4O.2ClH/c17-15-3-6-18-11-14(15)16(21)20-9-4-13(5-10-20)12-19-7-1-2-8-19;;/h3,6,11,13H,1-2,4-5,7-10,12H2,(H2,17,18);2*1H. The smallest absolute Gasteiger partial charge is 0.257 e. The van der Waals surface area contributed by atoms with Crippen LogP contribution in [0.3, 0.4) is 0 Å². The van der Waals surface area contributed by atoms with Crippen LogP contribution in [0, 0.1) is 5.92 Å². The first-order valence-electron chi connectivity index (χ1n) is 7.95. The Bertz CT molecular complexity index is 501. The minimum atomic E-state index is 0. The van der Waals surface area contributed by atoms with Gasteiger partial charge in [-0.25, -0.2) is 0 Å². The van der Waals surface area contributed by atoms with Gasteiger partial charge in [0.25, 0.3) is 5.91 Å². The minimum absolute atomic E-state index is 0. The number of pyridine rings is 1. The molecule has 0 aromatic carbocycles. The summed E-state index contributed by atoms with van der Waals surface area (Å²) in [5.74, 6) is 0.763. The van der Waals surface area contributed by atoms with Gasteiger partial charge >= 0.3 is 0 Å². The molecule has 0 bridgehead atoms. The lowest BCUT2D eigenvalue weighted by Gasteiger charge is -2.34. The predicted molar refractivity (Wildman–Crippen MR) is 97.4 cm³/mol. The number of likely N-dealkylation sites (tertiary alicyclic amines) is 2. The number of carbonyl (C=O) groups is 1. The van der Waals surface area contributed by atoms with E-state index in [2.05, 4.69) is 9.88 Å². The van der Waals surface area contributed by atoms with Gasteiger partial charge in [-0.2, -0.15) is 0 Å². The molecule has 3 rings (SSSR count). The summed E-state index contributed by atoms with van der Waals surface area (Å²) in [6.45, 7) is 5.39. The molecule has 0 saturated carbocycles. The highest BCUT2D eigenvalue weighted by atomic mass is 35.5. The lowest BCUT2D eigenvalue weighted by Crippen LogP contribution is -2.41. The molecule has 130 valence electrons. The molecule has 0 atom stereocenters. The third kappa shape index (κ3) is 4.96. The van der Waals surface area contributed by atoms with Gasteiger partial charge < -0.3 is 15.5 Å². The second kappa shape index (κ2) is 9.30. The molecule has 2 aliphatic rings. The molecule has 2 fully saturated rings. The number of anilines is 1. The summed E-state index contributed by atoms with van der Waals surface area (Å²) in [6, 6.07) is 1.69. The zero-order chi connectivity index (χ0) is 14.7. The first kappa shape index (κ1) is 20.0. The Kier molecular flexibility index (Phi) is 8.09. The quantitative estimate of drug-likeness (QED) is 0.898. The zero-order valence-electron chi connectivity index (χ0n) is 13.3. The van der Waals surface area contributed by atoms with E-state index in [4.69, 9.17) is 5.73 Å². The topological polar surface area (TPSA) is 62.5 Å². The summed E-state index contributed by atoms with van der Waals surface area (Å²) in [5.41, 5.74) is 6.93. The zero-order valence-corrected chi connectivity index (χ0v) is 15.0. The molecule has 1 aromatic heterocycles. The number of nitrogens with two attached hydrogens (primary N) is 1. The predicted octanol–water partition coefficient (Wildman–Crippen LogP) is 2.46. The van der Waals surface area contributed by atoms with Gasteiger partial charge in [-0.15, -0.1) is 24.8 Å². The van der Waals surface area contributed by atoms with Gasteiger partial charge in [-0.3, -0.25) is 9.78 Å². The number of halogens is 2. The van der Waals surface area contributed by atoms with Crippen LogP contribution in [-0.4, -0.2) is 53.4 Å². The van der Waals surface area contributed by atoms with Crippen LogP contribution in [-0.2, 0) is 0 Å². The molecular weight excluding hydrogens is 335 g/mol. The Hall–Kier alpha value is -1.04. The lowest BCUT2D eigenvalue weighted by atomic mass is 9.95. The van der Waals surface area contributed by atoms with E-state index in [1.807, 2.05) is 4.90 Å². The van der Waals surface area contributed by atoms with Crippen molar-refractivity contribution in [1.29, 1.82) is 0 Å². The fourth-order valence-electron chi connectivity index (χ4n) is 3.40. The van der Waals surface area contributed by atoms with Crippen molar-refractivity contribution in [1.82, 2.24) is 14.8 Å². The van der Waals surface area contributed by atoms with Crippen LogP contribution in [0.25, 0.3) is 0 Å². The van der Waals surface area contributed by atoms with Gasteiger partial charge in [0.05, 0.1) is 5.56 Å². The summed E-state index contributed by atoms with van der Waals surface area (Å²) in [6.07, 6.45) is 8.09. The van der Waals surface area contributed by atoms with E-state index >= 15 is 0 Å². The number of nitrogen functional groups attached to an aromatic ring is 1. The van der Waals surface area contributed by atoms with Crippen LogP contribution in [0.2, 0.25) is 0 Å². The van der Waals surface area contributed by atoms with E-state index < -0.39 is 0 Å². The van der Waals surface area contributed by atoms with Gasteiger partial charge in [0.15, 0.2) is 0 Å². The average molecular weight is 361 g/mol. The molecule has 7 heteroatoms. The van der Waals surface area contributed by atoms with Crippen molar-refractivity contribution in [3.05, 3.63) is 24.0 Å². The molecular formula is C16H26Cl2N4O. The molecule has 5 nitrogen and oxygen atoms in total. The van der Waals surface area contributed by atoms with Crippen molar-refractivity contribution in [2.45, 2.75) is 25.7 Å². The second-order valence-corrected chi connectivity index (χ2v) is 6.21. The molecule has 2 aliphatic heterocycles. The summed E-state index contributed by atoms with van der Waals surface area (Å²) in [5, 5.41) is 0. The summed E-state index contributed by atoms with van der Waals surface area (Å²) in [7, 11) is 0. The summed E-state index contributed by atoms with van der Waals surface area (Å²) in [4.78, 5) is 21.0. The highest BCUT2D eigenvalue weighted by molar-refractivity contribution is 5.98. The number of amides is 1. The molecule has 1 amide bonds. The van der Waals surface area contributed by atoms with Gasteiger partial charge in [-0.1, -0.05) is 0 Å². The number of rotatable bonds is 3. The molecule has 3 heterocycles. The van der Waals surface area contributed by atoms with Crippen LogP contribution in [0.1, 0.15) is 36.0 Å². The monoisotopic (exact) mass is 360 g/mol. The van der Waals surface area contributed by atoms with Crippen molar-refractivity contribution in [3.63, 3.8) is 0 Å². The SMILES string of the molecule is Cl.Cl.Nc1ccncc1C(=O)N1CCC(CN2CCCC2)CC1. The van der Waals surface area contributed by atoms with Crippen LogP contribution in [0.15, 0.2) is 18.5 Å². The van der Waals surface area contributed by atoms with E-state index in [-0.39, 0.29) is 30.7 Å². The number of carbonyl (C=O) groups excluding carboxylic acids is 1. The van der Waals surface area contributed by atoms with Crippen LogP contribution in [0.5, 0.6) is 0 Å². The van der Waals surface area contributed by atoms with Crippen molar-refractivity contribution in [2.24, 2.45) is 5.92 Å².